The van der Waals surface area contributed by atoms with E-state index in [-0.39, 0.29) is 5.82 Å². The Balaban J connectivity index is 1.49. The van der Waals surface area contributed by atoms with Gasteiger partial charge in [0.25, 0.3) is 0 Å². The Morgan fingerprint density at radius 2 is 1.91 bits per heavy atom. The first kappa shape index (κ1) is 14.5. The second-order valence-electron chi connectivity index (χ2n) is 5.68. The van der Waals surface area contributed by atoms with Crippen LogP contribution in [0.3, 0.4) is 0 Å². The quantitative estimate of drug-likeness (QED) is 0.739. The van der Waals surface area contributed by atoms with Crippen LogP contribution < -0.4 is 4.90 Å². The number of hydrogen-bond donors (Lipinski definition) is 0. The monoisotopic (exact) mass is 328 g/mol. The number of hydrogen-bond acceptors (Lipinski definition) is 5. The molecule has 4 nitrogen and oxygen atoms in total. The van der Waals surface area contributed by atoms with Gasteiger partial charge in [-0.2, -0.15) is 0 Å². The van der Waals surface area contributed by atoms with Gasteiger partial charge in [0.15, 0.2) is 5.13 Å². The fraction of sp³-hybridized carbons (Fsp3) is 0.294. The van der Waals surface area contributed by atoms with Crippen LogP contribution in [0.5, 0.6) is 0 Å². The molecule has 118 valence electrons. The van der Waals surface area contributed by atoms with Gasteiger partial charge in [0.05, 0.1) is 5.52 Å². The minimum Gasteiger partial charge on any atom is -0.346 e. The highest BCUT2D eigenvalue weighted by molar-refractivity contribution is 7.13. The topological polar surface area (TPSA) is 32.3 Å². The summed E-state index contributed by atoms with van der Waals surface area (Å²) in [5, 5.41) is 3.71. The molecule has 0 N–H and O–H groups in total. The zero-order valence-electron chi connectivity index (χ0n) is 12.7. The van der Waals surface area contributed by atoms with Gasteiger partial charge in [-0.3, -0.25) is 9.88 Å². The van der Waals surface area contributed by atoms with Crippen LogP contribution >= 0.6 is 11.3 Å². The fourth-order valence-electron chi connectivity index (χ4n) is 3.03. The molecule has 0 bridgehead atoms. The zero-order valence-corrected chi connectivity index (χ0v) is 13.5. The number of halogens is 1. The van der Waals surface area contributed by atoms with Crippen molar-refractivity contribution in [1.29, 1.82) is 0 Å². The summed E-state index contributed by atoms with van der Waals surface area (Å²) in [6.45, 7) is 4.70. The van der Waals surface area contributed by atoms with E-state index in [0.717, 1.165) is 48.9 Å². The number of piperazine rings is 1. The van der Waals surface area contributed by atoms with Crippen LogP contribution in [0.2, 0.25) is 0 Å². The minimum atomic E-state index is -0.203. The van der Waals surface area contributed by atoms with Crippen molar-refractivity contribution in [3.05, 3.63) is 53.4 Å². The van der Waals surface area contributed by atoms with Crippen LogP contribution in [0.15, 0.2) is 42.0 Å². The van der Waals surface area contributed by atoms with Crippen LogP contribution in [0.4, 0.5) is 9.52 Å². The van der Waals surface area contributed by atoms with Gasteiger partial charge in [-0.15, -0.1) is 11.3 Å². The molecule has 1 aliphatic heterocycles. The molecule has 6 heteroatoms. The number of rotatable bonds is 3. The molecule has 0 radical (unpaired) electrons. The van der Waals surface area contributed by atoms with E-state index in [0.29, 0.717) is 5.39 Å². The summed E-state index contributed by atoms with van der Waals surface area (Å²) < 4.78 is 13.9. The summed E-state index contributed by atoms with van der Waals surface area (Å²) in [4.78, 5) is 13.5. The molecule has 2 aromatic heterocycles. The summed E-state index contributed by atoms with van der Waals surface area (Å²) in [6.07, 6.45) is 3.58. The lowest BCUT2D eigenvalue weighted by Crippen LogP contribution is -2.45. The molecule has 0 atom stereocenters. The summed E-state index contributed by atoms with van der Waals surface area (Å²) in [6, 6.07) is 6.98. The average Bonchev–Trinajstić information content (AvgIpc) is 3.13. The molecule has 1 aliphatic rings. The highest BCUT2D eigenvalue weighted by Gasteiger charge is 2.19. The molecule has 0 saturated carbocycles. The molecular weight excluding hydrogens is 311 g/mol. The number of thiazole rings is 1. The van der Waals surface area contributed by atoms with Gasteiger partial charge in [-0.25, -0.2) is 9.37 Å². The van der Waals surface area contributed by atoms with Crippen molar-refractivity contribution < 1.29 is 4.39 Å². The van der Waals surface area contributed by atoms with Crippen molar-refractivity contribution in [2.75, 3.05) is 31.1 Å². The Bertz CT molecular complexity index is 797. The van der Waals surface area contributed by atoms with Crippen molar-refractivity contribution in [3.8, 4) is 0 Å². The van der Waals surface area contributed by atoms with E-state index in [1.807, 2.05) is 17.6 Å². The predicted octanol–water partition coefficient (Wildman–Crippen LogP) is 3.15. The molecule has 0 spiro atoms. The smallest absolute Gasteiger partial charge is 0.185 e. The number of nitrogens with zero attached hydrogens (tertiary/aromatic N) is 4. The van der Waals surface area contributed by atoms with Crippen molar-refractivity contribution in [2.24, 2.45) is 0 Å². The van der Waals surface area contributed by atoms with Crippen LogP contribution in [0.25, 0.3) is 10.9 Å². The van der Waals surface area contributed by atoms with Gasteiger partial charge < -0.3 is 4.90 Å². The van der Waals surface area contributed by atoms with Gasteiger partial charge in [0, 0.05) is 55.9 Å². The molecular formula is C17H17FN4S. The number of fused-ring (bicyclic) bond motifs is 1. The van der Waals surface area contributed by atoms with Gasteiger partial charge in [-0.05, 0) is 23.8 Å². The van der Waals surface area contributed by atoms with Crippen molar-refractivity contribution in [1.82, 2.24) is 14.9 Å². The maximum Gasteiger partial charge on any atom is 0.185 e. The van der Waals surface area contributed by atoms with Crippen LogP contribution in [-0.4, -0.2) is 41.0 Å². The van der Waals surface area contributed by atoms with Crippen molar-refractivity contribution in [3.63, 3.8) is 0 Å². The zero-order chi connectivity index (χ0) is 15.6. The molecule has 23 heavy (non-hydrogen) atoms. The van der Waals surface area contributed by atoms with Gasteiger partial charge in [-0.1, -0.05) is 6.07 Å². The summed E-state index contributed by atoms with van der Waals surface area (Å²) in [5.74, 6) is -0.203. The Hall–Kier alpha value is -2.05. The lowest BCUT2D eigenvalue weighted by molar-refractivity contribution is 0.250. The third kappa shape index (κ3) is 2.92. The highest BCUT2D eigenvalue weighted by atomic mass is 32.1. The lowest BCUT2D eigenvalue weighted by atomic mass is 10.1. The Labute approximate surface area is 138 Å². The molecule has 4 rings (SSSR count). The summed E-state index contributed by atoms with van der Waals surface area (Å²) in [5.41, 5.74) is 1.86. The van der Waals surface area contributed by atoms with E-state index in [1.165, 1.54) is 0 Å². The second kappa shape index (κ2) is 6.22. The molecule has 0 aliphatic carbocycles. The number of aromatic nitrogens is 2. The first-order valence-electron chi connectivity index (χ1n) is 7.70. The molecule has 1 fully saturated rings. The Morgan fingerprint density at radius 1 is 1.04 bits per heavy atom. The Kier molecular flexibility index (Phi) is 3.93. The van der Waals surface area contributed by atoms with E-state index >= 15 is 0 Å². The van der Waals surface area contributed by atoms with E-state index in [2.05, 4.69) is 19.8 Å². The van der Waals surface area contributed by atoms with Gasteiger partial charge in [0.1, 0.15) is 5.82 Å². The highest BCUT2D eigenvalue weighted by Crippen LogP contribution is 2.23. The Morgan fingerprint density at radius 3 is 2.70 bits per heavy atom. The fourth-order valence-corrected chi connectivity index (χ4v) is 3.73. The summed E-state index contributed by atoms with van der Waals surface area (Å²) in [7, 11) is 0. The normalized spacial score (nSPS) is 16.1. The van der Waals surface area contributed by atoms with E-state index in [1.54, 1.807) is 35.7 Å². The molecule has 0 amide bonds. The van der Waals surface area contributed by atoms with Crippen LogP contribution in [0.1, 0.15) is 5.56 Å². The number of pyridine rings is 1. The summed E-state index contributed by atoms with van der Waals surface area (Å²) >= 11 is 1.68. The first-order valence-corrected chi connectivity index (χ1v) is 8.58. The third-order valence-corrected chi connectivity index (χ3v) is 5.09. The minimum absolute atomic E-state index is 0.203. The standard InChI is InChI=1S/C17H17FN4S/c18-15-4-3-13(16-14(15)2-1-5-19-16)12-21-7-9-22(10-8-21)17-20-6-11-23-17/h1-6,11H,7-10,12H2. The lowest BCUT2D eigenvalue weighted by Gasteiger charge is -2.34. The van der Waals surface area contributed by atoms with E-state index < -0.39 is 0 Å². The molecule has 3 heterocycles. The maximum atomic E-state index is 13.9. The van der Waals surface area contributed by atoms with Gasteiger partial charge >= 0.3 is 0 Å². The van der Waals surface area contributed by atoms with Crippen molar-refractivity contribution >= 4 is 27.4 Å². The number of anilines is 1. The SMILES string of the molecule is Fc1ccc(CN2CCN(c3nccs3)CC2)c2ncccc12. The first-order chi connectivity index (χ1) is 11.3. The molecule has 1 aromatic carbocycles. The molecule has 3 aromatic rings. The maximum absolute atomic E-state index is 13.9. The molecule has 0 unspecified atom stereocenters. The van der Waals surface area contributed by atoms with E-state index in [9.17, 15) is 4.39 Å². The van der Waals surface area contributed by atoms with Crippen molar-refractivity contribution in [2.45, 2.75) is 6.54 Å². The average molecular weight is 328 g/mol. The largest absolute Gasteiger partial charge is 0.346 e. The van der Waals surface area contributed by atoms with E-state index in [4.69, 9.17) is 0 Å². The van der Waals surface area contributed by atoms with Crippen LogP contribution in [0, 0.1) is 5.82 Å². The number of benzene rings is 1. The second-order valence-corrected chi connectivity index (χ2v) is 6.56. The van der Waals surface area contributed by atoms with Crippen LogP contribution in [-0.2, 0) is 6.54 Å². The predicted molar refractivity (Wildman–Crippen MR) is 91.3 cm³/mol. The molecule has 1 saturated heterocycles. The third-order valence-electron chi connectivity index (χ3n) is 4.26. The van der Waals surface area contributed by atoms with Gasteiger partial charge in [0.2, 0.25) is 0 Å².